The Bertz CT molecular complexity index is 382. The molecule has 1 rings (SSSR count). The predicted molar refractivity (Wildman–Crippen MR) is 45.6 cm³/mol. The first kappa shape index (κ1) is 11.5. The zero-order chi connectivity index (χ0) is 10.8. The second-order valence-electron chi connectivity index (χ2n) is 2.37. The van der Waals surface area contributed by atoms with Crippen molar-refractivity contribution in [1.82, 2.24) is 4.72 Å². The molecular weight excluding hydrogens is 239 g/mol. The summed E-state index contributed by atoms with van der Waals surface area (Å²) in [5.41, 5.74) is 0. The third kappa shape index (κ3) is 3.28. The van der Waals surface area contributed by atoms with Crippen molar-refractivity contribution < 1.29 is 21.6 Å². The molecule has 0 saturated heterocycles. The van der Waals surface area contributed by atoms with Gasteiger partial charge in [0, 0.05) is 0 Å². The van der Waals surface area contributed by atoms with E-state index < -0.39 is 22.7 Å². The van der Waals surface area contributed by atoms with Crippen LogP contribution in [0.5, 0.6) is 0 Å². The standard InChI is InChI=1S/C6H6F3NO2S2/c7-6(8,9)4-10-14(11,12)5-2-1-3-13-5/h1-3,10H,4H2. The first-order valence-electron chi connectivity index (χ1n) is 3.41. The van der Waals surface area contributed by atoms with Crippen molar-refractivity contribution in [3.8, 4) is 0 Å². The van der Waals surface area contributed by atoms with E-state index in [9.17, 15) is 21.6 Å². The topological polar surface area (TPSA) is 46.2 Å². The Morgan fingerprint density at radius 2 is 2.07 bits per heavy atom. The summed E-state index contributed by atoms with van der Waals surface area (Å²) in [6, 6.07) is 2.69. The molecule has 0 amide bonds. The molecule has 0 fully saturated rings. The van der Waals surface area contributed by atoms with E-state index in [4.69, 9.17) is 0 Å². The van der Waals surface area contributed by atoms with Crippen LogP contribution >= 0.6 is 11.3 Å². The van der Waals surface area contributed by atoms with Crippen LogP contribution in [0, 0.1) is 0 Å². The molecule has 0 unspecified atom stereocenters. The van der Waals surface area contributed by atoms with Crippen molar-refractivity contribution in [2.24, 2.45) is 0 Å². The minimum atomic E-state index is -4.54. The molecule has 1 N–H and O–H groups in total. The first-order valence-corrected chi connectivity index (χ1v) is 5.77. The van der Waals surface area contributed by atoms with Crippen molar-refractivity contribution in [3.63, 3.8) is 0 Å². The molecule has 0 spiro atoms. The lowest BCUT2D eigenvalue weighted by atomic mass is 10.7. The van der Waals surface area contributed by atoms with Crippen LogP contribution in [0.1, 0.15) is 0 Å². The molecule has 14 heavy (non-hydrogen) atoms. The fraction of sp³-hybridized carbons (Fsp3) is 0.333. The summed E-state index contributed by atoms with van der Waals surface area (Å²) in [6.45, 7) is -1.55. The van der Waals surface area contributed by atoms with Crippen molar-refractivity contribution in [2.45, 2.75) is 10.4 Å². The van der Waals surface area contributed by atoms with E-state index in [0.29, 0.717) is 0 Å². The van der Waals surface area contributed by atoms with Crippen LogP contribution in [-0.4, -0.2) is 21.1 Å². The Kier molecular flexibility index (Phi) is 3.17. The molecule has 1 heterocycles. The van der Waals surface area contributed by atoms with Crippen LogP contribution < -0.4 is 4.72 Å². The van der Waals surface area contributed by atoms with Gasteiger partial charge >= 0.3 is 6.18 Å². The van der Waals surface area contributed by atoms with Gasteiger partial charge in [0.2, 0.25) is 10.0 Å². The largest absolute Gasteiger partial charge is 0.402 e. The van der Waals surface area contributed by atoms with Crippen LogP contribution in [0.15, 0.2) is 21.7 Å². The highest BCUT2D eigenvalue weighted by molar-refractivity contribution is 7.91. The van der Waals surface area contributed by atoms with Gasteiger partial charge in [-0.1, -0.05) is 6.07 Å². The zero-order valence-electron chi connectivity index (χ0n) is 6.71. The van der Waals surface area contributed by atoms with Gasteiger partial charge in [-0.05, 0) is 11.4 Å². The molecule has 3 nitrogen and oxygen atoms in total. The Labute approximate surface area is 82.6 Å². The maximum atomic E-state index is 11.7. The molecule has 0 aliphatic carbocycles. The molecule has 0 aromatic carbocycles. The minimum absolute atomic E-state index is 0.123. The zero-order valence-corrected chi connectivity index (χ0v) is 8.34. The quantitative estimate of drug-likeness (QED) is 0.879. The summed E-state index contributed by atoms with van der Waals surface area (Å²) >= 11 is 0.863. The normalized spacial score (nSPS) is 13.1. The fourth-order valence-electron chi connectivity index (χ4n) is 0.664. The van der Waals surface area contributed by atoms with Gasteiger partial charge in [-0.25, -0.2) is 13.1 Å². The van der Waals surface area contributed by atoms with Crippen LogP contribution in [0.25, 0.3) is 0 Å². The van der Waals surface area contributed by atoms with E-state index in [1.54, 1.807) is 0 Å². The molecule has 1 aromatic heterocycles. The number of thiophene rings is 1. The minimum Gasteiger partial charge on any atom is -0.206 e. The number of alkyl halides is 3. The summed E-state index contributed by atoms with van der Waals surface area (Å²) < 4.78 is 58.7. The molecule has 80 valence electrons. The highest BCUT2D eigenvalue weighted by Crippen LogP contribution is 2.18. The van der Waals surface area contributed by atoms with Crippen molar-refractivity contribution in [2.75, 3.05) is 6.54 Å². The van der Waals surface area contributed by atoms with Gasteiger partial charge in [0.15, 0.2) is 0 Å². The predicted octanol–water partition coefficient (Wildman–Crippen LogP) is 1.59. The van der Waals surface area contributed by atoms with Gasteiger partial charge in [-0.2, -0.15) is 13.2 Å². The smallest absolute Gasteiger partial charge is 0.206 e. The number of hydrogen-bond acceptors (Lipinski definition) is 3. The molecule has 0 atom stereocenters. The molecule has 0 aliphatic heterocycles. The molecule has 0 saturated carbocycles. The summed E-state index contributed by atoms with van der Waals surface area (Å²) in [7, 11) is -4.00. The van der Waals surface area contributed by atoms with Crippen molar-refractivity contribution in [1.29, 1.82) is 0 Å². The molecule has 0 aliphatic rings. The molecule has 0 radical (unpaired) electrons. The van der Waals surface area contributed by atoms with Crippen LogP contribution in [0.3, 0.4) is 0 Å². The third-order valence-electron chi connectivity index (χ3n) is 1.22. The van der Waals surface area contributed by atoms with Gasteiger partial charge in [-0.3, -0.25) is 0 Å². The second-order valence-corrected chi connectivity index (χ2v) is 5.31. The molecule has 8 heteroatoms. The summed E-state index contributed by atoms with van der Waals surface area (Å²) in [6.07, 6.45) is -4.54. The van der Waals surface area contributed by atoms with E-state index in [1.165, 1.54) is 22.2 Å². The summed E-state index contributed by atoms with van der Waals surface area (Å²) in [5.74, 6) is 0. The maximum absolute atomic E-state index is 11.7. The Morgan fingerprint density at radius 3 is 2.50 bits per heavy atom. The lowest BCUT2D eigenvalue weighted by Crippen LogP contribution is -2.33. The molecule has 0 bridgehead atoms. The first-order chi connectivity index (χ1) is 6.31. The van der Waals surface area contributed by atoms with Crippen molar-refractivity contribution in [3.05, 3.63) is 17.5 Å². The second kappa shape index (κ2) is 3.87. The van der Waals surface area contributed by atoms with Gasteiger partial charge in [0.05, 0.1) is 0 Å². The monoisotopic (exact) mass is 245 g/mol. The molecule has 1 aromatic rings. The van der Waals surface area contributed by atoms with Crippen LogP contribution in [0.4, 0.5) is 13.2 Å². The SMILES string of the molecule is O=S(=O)(NCC(F)(F)F)c1cccs1. The van der Waals surface area contributed by atoms with Gasteiger partial charge in [0.25, 0.3) is 0 Å². The summed E-state index contributed by atoms with van der Waals surface area (Å²) in [4.78, 5) is 0. The number of rotatable bonds is 3. The number of halogens is 3. The van der Waals surface area contributed by atoms with E-state index >= 15 is 0 Å². The number of sulfonamides is 1. The highest BCUT2D eigenvalue weighted by atomic mass is 32.2. The van der Waals surface area contributed by atoms with E-state index in [-0.39, 0.29) is 4.21 Å². The third-order valence-corrected chi connectivity index (χ3v) is 4.02. The Morgan fingerprint density at radius 1 is 1.43 bits per heavy atom. The average Bonchev–Trinajstić information content (AvgIpc) is 2.52. The van der Waals surface area contributed by atoms with Crippen LogP contribution in [0.2, 0.25) is 0 Å². The van der Waals surface area contributed by atoms with E-state index in [0.717, 1.165) is 11.3 Å². The summed E-state index contributed by atoms with van der Waals surface area (Å²) in [5, 5.41) is 1.47. The number of hydrogen-bond donors (Lipinski definition) is 1. The van der Waals surface area contributed by atoms with Gasteiger partial charge in [0.1, 0.15) is 10.8 Å². The van der Waals surface area contributed by atoms with Gasteiger partial charge in [-0.15, -0.1) is 11.3 Å². The fourth-order valence-corrected chi connectivity index (χ4v) is 2.72. The average molecular weight is 245 g/mol. The van der Waals surface area contributed by atoms with E-state index in [2.05, 4.69) is 0 Å². The molecular formula is C6H6F3NO2S2. The Balaban J connectivity index is 2.70. The lowest BCUT2D eigenvalue weighted by molar-refractivity contribution is -0.121. The van der Waals surface area contributed by atoms with Crippen molar-refractivity contribution >= 4 is 21.4 Å². The maximum Gasteiger partial charge on any atom is 0.402 e. The highest BCUT2D eigenvalue weighted by Gasteiger charge is 2.30. The van der Waals surface area contributed by atoms with Gasteiger partial charge < -0.3 is 0 Å². The Hall–Kier alpha value is -0.600. The van der Waals surface area contributed by atoms with Crippen LogP contribution in [-0.2, 0) is 10.0 Å². The lowest BCUT2D eigenvalue weighted by Gasteiger charge is -2.07. The van der Waals surface area contributed by atoms with E-state index in [1.807, 2.05) is 0 Å². The number of nitrogens with one attached hydrogen (secondary N) is 1.